The Balaban J connectivity index is 1.75. The molecule has 2 saturated carbocycles. The van der Waals surface area contributed by atoms with E-state index in [0.29, 0.717) is 11.8 Å². The fraction of sp³-hybridized carbons (Fsp3) is 1.00. The molecule has 0 aromatic heterocycles. The number of halogens is 2. The lowest BCUT2D eigenvalue weighted by Crippen LogP contribution is -2.28. The van der Waals surface area contributed by atoms with Crippen LogP contribution >= 0.6 is 0 Å². The van der Waals surface area contributed by atoms with E-state index in [1.807, 2.05) is 0 Å². The van der Waals surface area contributed by atoms with E-state index in [1.165, 1.54) is 0 Å². The Hall–Kier alpha value is -0.180. The van der Waals surface area contributed by atoms with Crippen molar-refractivity contribution < 1.29 is 13.9 Å². The van der Waals surface area contributed by atoms with Gasteiger partial charge >= 0.3 is 0 Å². The number of alkyl halides is 1. The molecule has 0 bridgehead atoms. The predicted molar refractivity (Wildman–Crippen MR) is 54.8 cm³/mol. The lowest BCUT2D eigenvalue weighted by atomic mass is 9.72. The fourth-order valence-corrected chi connectivity index (χ4v) is 3.20. The molecule has 0 aromatic rings. The molecule has 0 heterocycles. The molecule has 1 nitrogen and oxygen atoms in total. The third-order valence-electron chi connectivity index (χ3n) is 4.21. The number of hydrogen-bond donors (Lipinski definition) is 0. The first-order valence-electron chi connectivity index (χ1n) is 6.21. The second-order valence-electron chi connectivity index (χ2n) is 5.14. The van der Waals surface area contributed by atoms with Crippen LogP contribution < -0.4 is 0 Å². The second-order valence-corrected chi connectivity index (χ2v) is 5.14. The van der Waals surface area contributed by atoms with Crippen molar-refractivity contribution in [2.24, 2.45) is 11.8 Å². The highest BCUT2D eigenvalue weighted by Crippen LogP contribution is 2.39. The molecule has 0 N–H and O–H groups in total. The molecule has 3 heteroatoms. The maximum absolute atomic E-state index is 13.0. The van der Waals surface area contributed by atoms with E-state index >= 15 is 0 Å². The molecule has 15 heavy (non-hydrogen) atoms. The summed E-state index contributed by atoms with van der Waals surface area (Å²) in [6.45, 7) is 0. The molecule has 2 fully saturated rings. The maximum atomic E-state index is 13.0. The van der Waals surface area contributed by atoms with Crippen LogP contribution in [0.4, 0.5) is 8.92 Å². The van der Waals surface area contributed by atoms with Gasteiger partial charge in [0.05, 0.1) is 6.10 Å². The first kappa shape index (κ1) is 11.3. The normalized spacial score (nSPS) is 42.8. The highest BCUT2D eigenvalue weighted by Gasteiger charge is 2.31. The number of hydrogen-bond acceptors (Lipinski definition) is 1. The summed E-state index contributed by atoms with van der Waals surface area (Å²) in [7, 11) is 0. The molecule has 0 amide bonds. The molecule has 0 aliphatic heterocycles. The molecule has 0 radical (unpaired) electrons. The monoisotopic (exact) mass is 218 g/mol. The van der Waals surface area contributed by atoms with Crippen LogP contribution in [0.3, 0.4) is 0 Å². The molecule has 0 spiro atoms. The van der Waals surface area contributed by atoms with Gasteiger partial charge in [-0.2, -0.15) is 4.94 Å². The Morgan fingerprint density at radius 1 is 0.733 bits per heavy atom. The average molecular weight is 218 g/mol. The van der Waals surface area contributed by atoms with E-state index in [4.69, 9.17) is 0 Å². The van der Waals surface area contributed by atoms with Crippen molar-refractivity contribution in [1.29, 1.82) is 0 Å². The van der Waals surface area contributed by atoms with Crippen LogP contribution in [0.1, 0.15) is 51.4 Å². The van der Waals surface area contributed by atoms with Crippen molar-refractivity contribution in [2.75, 3.05) is 0 Å². The predicted octanol–water partition coefficient (Wildman–Crippen LogP) is 3.97. The van der Waals surface area contributed by atoms with Gasteiger partial charge < -0.3 is 0 Å². The minimum Gasteiger partial charge on any atom is -0.247 e. The Morgan fingerprint density at radius 2 is 1.20 bits per heavy atom. The maximum Gasteiger partial charge on any atom is 0.100 e. The highest BCUT2D eigenvalue weighted by molar-refractivity contribution is 4.81. The molecule has 0 saturated heterocycles. The zero-order chi connectivity index (χ0) is 10.7. The molecule has 0 atom stereocenters. The summed E-state index contributed by atoms with van der Waals surface area (Å²) in [5.74, 6) is 1.39. The van der Waals surface area contributed by atoms with Crippen molar-refractivity contribution >= 4 is 0 Å². The summed E-state index contributed by atoms with van der Waals surface area (Å²) in [6.07, 6.45) is 6.64. The van der Waals surface area contributed by atoms with Crippen LogP contribution in [0.2, 0.25) is 0 Å². The van der Waals surface area contributed by atoms with Gasteiger partial charge in [0.2, 0.25) is 0 Å². The molecular formula is C12H20F2O. The van der Waals surface area contributed by atoms with Crippen molar-refractivity contribution in [3.05, 3.63) is 0 Å². The minimum atomic E-state index is -0.563. The first-order valence-corrected chi connectivity index (χ1v) is 6.21. The van der Waals surface area contributed by atoms with Gasteiger partial charge in [0.1, 0.15) is 6.17 Å². The highest BCUT2D eigenvalue weighted by atomic mass is 19.3. The quantitative estimate of drug-likeness (QED) is 0.681. The van der Waals surface area contributed by atoms with E-state index in [9.17, 15) is 8.92 Å². The lowest BCUT2D eigenvalue weighted by molar-refractivity contribution is -0.191. The van der Waals surface area contributed by atoms with E-state index in [1.54, 1.807) is 0 Å². The SMILES string of the molecule is FOC1CCC(C2CCC(F)CC2)CC1. The standard InChI is InChI=1S/C12H20F2O/c13-11-5-1-9(2-6-11)10-3-7-12(15-14)8-4-10/h9-12H,1-8H2. The molecule has 0 aromatic carbocycles. The Kier molecular flexibility index (Phi) is 3.95. The average Bonchev–Trinajstić information content (AvgIpc) is 2.30. The Morgan fingerprint density at radius 3 is 1.67 bits per heavy atom. The van der Waals surface area contributed by atoms with Gasteiger partial charge in [0, 0.05) is 0 Å². The fourth-order valence-electron chi connectivity index (χ4n) is 3.20. The van der Waals surface area contributed by atoms with Crippen LogP contribution in [0.5, 0.6) is 0 Å². The second kappa shape index (κ2) is 5.24. The molecule has 2 aliphatic rings. The Bertz CT molecular complexity index is 182. The topological polar surface area (TPSA) is 9.23 Å². The van der Waals surface area contributed by atoms with Crippen molar-refractivity contribution in [1.82, 2.24) is 0 Å². The van der Waals surface area contributed by atoms with Crippen molar-refractivity contribution in [3.63, 3.8) is 0 Å². The van der Waals surface area contributed by atoms with E-state index < -0.39 is 6.17 Å². The van der Waals surface area contributed by atoms with Gasteiger partial charge in [0.25, 0.3) is 0 Å². The summed E-state index contributed by atoms with van der Waals surface area (Å²) < 4.78 is 24.9. The molecular weight excluding hydrogens is 198 g/mol. The van der Waals surface area contributed by atoms with Crippen molar-refractivity contribution in [2.45, 2.75) is 63.6 Å². The van der Waals surface area contributed by atoms with Crippen LogP contribution in [0.25, 0.3) is 0 Å². The summed E-state index contributed by atoms with van der Waals surface area (Å²) in [4.78, 5) is 3.88. The van der Waals surface area contributed by atoms with Gasteiger partial charge in [-0.15, -0.1) is 0 Å². The minimum absolute atomic E-state index is 0.168. The van der Waals surface area contributed by atoms with Gasteiger partial charge in [-0.25, -0.2) is 4.39 Å². The molecule has 2 rings (SSSR count). The summed E-state index contributed by atoms with van der Waals surface area (Å²) >= 11 is 0. The molecule has 0 unspecified atom stereocenters. The summed E-state index contributed by atoms with van der Waals surface area (Å²) in [5, 5.41) is 0. The number of rotatable bonds is 2. The smallest absolute Gasteiger partial charge is 0.100 e. The van der Waals surface area contributed by atoms with Crippen LogP contribution in [0, 0.1) is 11.8 Å². The largest absolute Gasteiger partial charge is 0.247 e. The lowest BCUT2D eigenvalue weighted by Gasteiger charge is -2.35. The zero-order valence-corrected chi connectivity index (χ0v) is 9.13. The van der Waals surface area contributed by atoms with Gasteiger partial charge in [-0.1, -0.05) is 0 Å². The van der Waals surface area contributed by atoms with Gasteiger partial charge in [0.15, 0.2) is 0 Å². The van der Waals surface area contributed by atoms with Gasteiger partial charge in [-0.05, 0) is 67.7 Å². The van der Waals surface area contributed by atoms with Crippen molar-refractivity contribution in [3.8, 4) is 0 Å². The third-order valence-corrected chi connectivity index (χ3v) is 4.21. The van der Waals surface area contributed by atoms with Gasteiger partial charge in [-0.3, -0.25) is 0 Å². The van der Waals surface area contributed by atoms with Crippen LogP contribution in [-0.4, -0.2) is 12.3 Å². The summed E-state index contributed by atoms with van der Waals surface area (Å²) in [5.41, 5.74) is 0. The van der Waals surface area contributed by atoms with Crippen LogP contribution in [0.15, 0.2) is 0 Å². The first-order chi connectivity index (χ1) is 7.29. The Labute approximate surface area is 90.1 Å². The molecule has 2 aliphatic carbocycles. The van der Waals surface area contributed by atoms with E-state index in [0.717, 1.165) is 51.4 Å². The molecule has 88 valence electrons. The summed E-state index contributed by atoms with van der Waals surface area (Å²) in [6, 6.07) is 0. The zero-order valence-electron chi connectivity index (χ0n) is 9.13. The van der Waals surface area contributed by atoms with E-state index in [2.05, 4.69) is 4.94 Å². The van der Waals surface area contributed by atoms with Crippen LogP contribution in [-0.2, 0) is 4.94 Å². The van der Waals surface area contributed by atoms with E-state index in [-0.39, 0.29) is 6.10 Å². The third kappa shape index (κ3) is 2.90.